The molecule has 0 saturated carbocycles. The number of aromatic nitrogens is 2. The highest BCUT2D eigenvalue weighted by molar-refractivity contribution is 5.92. The Hall–Kier alpha value is -3.33. The predicted octanol–water partition coefficient (Wildman–Crippen LogP) is 2.39. The van der Waals surface area contributed by atoms with Gasteiger partial charge in [0.15, 0.2) is 23.0 Å². The van der Waals surface area contributed by atoms with Crippen molar-refractivity contribution < 1.29 is 27.9 Å². The highest BCUT2D eigenvalue weighted by Gasteiger charge is 2.19. The summed E-state index contributed by atoms with van der Waals surface area (Å²) in [5.74, 6) is -2.12. The minimum absolute atomic E-state index is 0.0319. The molecule has 0 saturated heterocycles. The van der Waals surface area contributed by atoms with Crippen LogP contribution in [0.5, 0.6) is 5.75 Å². The van der Waals surface area contributed by atoms with Crippen molar-refractivity contribution in [3.05, 3.63) is 77.4 Å². The highest BCUT2D eigenvalue weighted by atomic mass is 19.1. The van der Waals surface area contributed by atoms with Crippen molar-refractivity contribution in [2.24, 2.45) is 0 Å². The number of carbonyl (C=O) groups excluding carboxylic acids is 1. The van der Waals surface area contributed by atoms with Gasteiger partial charge in [-0.05, 0) is 23.8 Å². The van der Waals surface area contributed by atoms with Gasteiger partial charge in [-0.2, -0.15) is 0 Å². The Kier molecular flexibility index (Phi) is 5.72. The van der Waals surface area contributed by atoms with Crippen LogP contribution in [0.2, 0.25) is 0 Å². The lowest BCUT2D eigenvalue weighted by Gasteiger charge is -2.15. The second-order valence-electron chi connectivity index (χ2n) is 5.54. The van der Waals surface area contributed by atoms with Crippen LogP contribution in [0, 0.1) is 11.6 Å². The number of halogens is 2. The van der Waals surface area contributed by atoms with E-state index in [1.54, 1.807) is 18.3 Å². The van der Waals surface area contributed by atoms with E-state index in [0.29, 0.717) is 11.6 Å². The zero-order valence-electron chi connectivity index (χ0n) is 13.9. The number of aliphatic hydroxyl groups excluding tert-OH is 1. The fraction of sp³-hybridized carbons (Fsp3) is 0.167. The lowest BCUT2D eigenvalue weighted by Crippen LogP contribution is -2.31. The largest absolute Gasteiger partial charge is 0.482 e. The smallest absolute Gasteiger partial charge is 0.274 e. The number of nitrogens with one attached hydrogen (secondary N) is 1. The Bertz CT molecular complexity index is 918. The van der Waals surface area contributed by atoms with Gasteiger partial charge in [0.1, 0.15) is 12.4 Å². The van der Waals surface area contributed by atoms with E-state index in [9.17, 15) is 18.7 Å². The number of ether oxygens (including phenoxy) is 1. The Morgan fingerprint density at radius 1 is 1.30 bits per heavy atom. The van der Waals surface area contributed by atoms with Crippen molar-refractivity contribution in [2.75, 3.05) is 6.61 Å². The number of nitrogens with zero attached hydrogens (tertiary/aromatic N) is 2. The van der Waals surface area contributed by atoms with E-state index in [1.807, 2.05) is 0 Å². The van der Waals surface area contributed by atoms with Gasteiger partial charge in [-0.1, -0.05) is 11.2 Å². The van der Waals surface area contributed by atoms with Crippen LogP contribution in [-0.2, 0) is 6.61 Å². The van der Waals surface area contributed by atoms with Crippen molar-refractivity contribution >= 4 is 5.91 Å². The summed E-state index contributed by atoms with van der Waals surface area (Å²) in [7, 11) is 0. The number of hydrogen-bond acceptors (Lipinski definition) is 6. The highest BCUT2D eigenvalue weighted by Crippen LogP contribution is 2.19. The second kappa shape index (κ2) is 8.37. The molecule has 0 bridgehead atoms. The van der Waals surface area contributed by atoms with Crippen molar-refractivity contribution in [3.63, 3.8) is 0 Å². The summed E-state index contributed by atoms with van der Waals surface area (Å²) in [4.78, 5) is 16.2. The molecule has 0 fully saturated rings. The summed E-state index contributed by atoms with van der Waals surface area (Å²) in [6, 6.07) is 6.98. The molecular weight excluding hydrogens is 360 g/mol. The monoisotopic (exact) mass is 375 g/mol. The van der Waals surface area contributed by atoms with Crippen LogP contribution < -0.4 is 10.1 Å². The average molecular weight is 375 g/mol. The number of rotatable bonds is 7. The van der Waals surface area contributed by atoms with E-state index in [-0.39, 0.29) is 30.4 Å². The Morgan fingerprint density at radius 2 is 2.15 bits per heavy atom. The molecule has 2 heterocycles. The fourth-order valence-electron chi connectivity index (χ4n) is 2.28. The van der Waals surface area contributed by atoms with E-state index >= 15 is 0 Å². The van der Waals surface area contributed by atoms with Gasteiger partial charge in [0.05, 0.1) is 12.6 Å². The van der Waals surface area contributed by atoms with Crippen LogP contribution in [-0.4, -0.2) is 27.8 Å². The molecule has 1 unspecified atom stereocenters. The zero-order valence-corrected chi connectivity index (χ0v) is 13.9. The van der Waals surface area contributed by atoms with Gasteiger partial charge < -0.3 is 19.7 Å². The van der Waals surface area contributed by atoms with Crippen molar-refractivity contribution in [2.45, 2.75) is 12.6 Å². The molecule has 1 amide bonds. The fourth-order valence-corrected chi connectivity index (χ4v) is 2.28. The number of carbonyl (C=O) groups is 1. The number of aliphatic hydroxyl groups is 1. The maximum absolute atomic E-state index is 13.5. The molecule has 3 rings (SSSR count). The molecule has 0 aliphatic heterocycles. The van der Waals surface area contributed by atoms with Crippen molar-refractivity contribution in [3.8, 4) is 5.75 Å². The summed E-state index contributed by atoms with van der Waals surface area (Å²) in [6.07, 6.45) is 3.11. The Morgan fingerprint density at radius 3 is 2.85 bits per heavy atom. The molecular formula is C18H15F2N3O4. The number of amides is 1. The normalized spacial score (nSPS) is 11.8. The lowest BCUT2D eigenvalue weighted by atomic mass is 10.1. The molecule has 1 atom stereocenters. The lowest BCUT2D eigenvalue weighted by molar-refractivity contribution is 0.0906. The summed E-state index contributed by atoms with van der Waals surface area (Å²) in [5, 5.41) is 15.7. The van der Waals surface area contributed by atoms with Crippen LogP contribution in [0.1, 0.15) is 27.9 Å². The van der Waals surface area contributed by atoms with E-state index in [4.69, 9.17) is 9.26 Å². The minimum Gasteiger partial charge on any atom is -0.482 e. The molecule has 2 N–H and O–H groups in total. The average Bonchev–Trinajstić information content (AvgIpc) is 3.15. The molecule has 27 heavy (non-hydrogen) atoms. The van der Waals surface area contributed by atoms with Crippen LogP contribution in [0.15, 0.2) is 53.3 Å². The van der Waals surface area contributed by atoms with E-state index < -0.39 is 23.6 Å². The van der Waals surface area contributed by atoms with Crippen LogP contribution in [0.25, 0.3) is 0 Å². The molecule has 3 aromatic rings. The third kappa shape index (κ3) is 4.64. The van der Waals surface area contributed by atoms with E-state index in [2.05, 4.69) is 15.5 Å². The molecule has 140 valence electrons. The van der Waals surface area contributed by atoms with Crippen LogP contribution in [0.4, 0.5) is 8.78 Å². The first-order valence-electron chi connectivity index (χ1n) is 7.92. The quantitative estimate of drug-likeness (QED) is 0.658. The number of hydrogen-bond donors (Lipinski definition) is 2. The second-order valence-corrected chi connectivity index (χ2v) is 5.54. The molecule has 0 aliphatic rings. The zero-order chi connectivity index (χ0) is 19.2. The topological polar surface area (TPSA) is 97.5 Å². The SMILES string of the molecule is O=C(NC(CO)c1cccnc1)c1cc(COc2ccc(F)cc2F)on1. The molecule has 0 aliphatic carbocycles. The Labute approximate surface area is 152 Å². The van der Waals surface area contributed by atoms with E-state index in [1.165, 1.54) is 12.3 Å². The van der Waals surface area contributed by atoms with Gasteiger partial charge >= 0.3 is 0 Å². The maximum atomic E-state index is 13.5. The number of pyridine rings is 1. The molecule has 7 nitrogen and oxygen atoms in total. The molecule has 2 aromatic heterocycles. The standard InChI is InChI=1S/C18H15F2N3O4/c19-12-3-4-17(14(20)6-12)26-10-13-7-15(23-27-13)18(25)22-16(9-24)11-2-1-5-21-8-11/h1-8,16,24H,9-10H2,(H,22,25). The van der Waals surface area contributed by atoms with Gasteiger partial charge in [0, 0.05) is 24.5 Å². The predicted molar refractivity (Wildman–Crippen MR) is 88.7 cm³/mol. The first kappa shape index (κ1) is 18.5. The molecule has 1 aromatic carbocycles. The van der Waals surface area contributed by atoms with Crippen LogP contribution in [0.3, 0.4) is 0 Å². The van der Waals surface area contributed by atoms with Crippen molar-refractivity contribution in [1.82, 2.24) is 15.5 Å². The summed E-state index contributed by atoms with van der Waals surface area (Å²) >= 11 is 0. The first-order chi connectivity index (χ1) is 13.1. The third-order valence-corrected chi connectivity index (χ3v) is 3.63. The summed E-state index contributed by atoms with van der Waals surface area (Å²) in [6.45, 7) is -0.524. The van der Waals surface area contributed by atoms with Gasteiger partial charge in [0.25, 0.3) is 5.91 Å². The van der Waals surface area contributed by atoms with Crippen molar-refractivity contribution in [1.29, 1.82) is 0 Å². The molecule has 0 spiro atoms. The summed E-state index contributed by atoms with van der Waals surface area (Å²) < 4.78 is 36.6. The molecule has 0 radical (unpaired) electrons. The minimum atomic E-state index is -0.852. The third-order valence-electron chi connectivity index (χ3n) is 3.63. The first-order valence-corrected chi connectivity index (χ1v) is 7.92. The van der Waals surface area contributed by atoms with Crippen LogP contribution >= 0.6 is 0 Å². The number of benzene rings is 1. The van der Waals surface area contributed by atoms with Gasteiger partial charge in [-0.25, -0.2) is 8.78 Å². The van der Waals surface area contributed by atoms with E-state index in [0.717, 1.165) is 12.1 Å². The molecule has 9 heteroatoms. The summed E-state index contributed by atoms with van der Waals surface area (Å²) in [5.41, 5.74) is 0.600. The Balaban J connectivity index is 1.61. The maximum Gasteiger partial charge on any atom is 0.274 e. The van der Waals surface area contributed by atoms with Gasteiger partial charge in [-0.15, -0.1) is 0 Å². The van der Waals surface area contributed by atoms with Gasteiger partial charge in [0.2, 0.25) is 0 Å². The van der Waals surface area contributed by atoms with Gasteiger partial charge in [-0.3, -0.25) is 9.78 Å².